The van der Waals surface area contributed by atoms with Crippen LogP contribution in [0.2, 0.25) is 0 Å². The second-order valence-corrected chi connectivity index (χ2v) is 4.22. The largest absolute Gasteiger partial charge is 0.497 e. The lowest BCUT2D eigenvalue weighted by Gasteiger charge is -2.04. The Hall–Kier alpha value is -2.40. The van der Waals surface area contributed by atoms with Crippen LogP contribution in [0, 0.1) is 0 Å². The van der Waals surface area contributed by atoms with E-state index in [1.54, 1.807) is 7.11 Å². The Morgan fingerprint density at radius 1 is 1.21 bits per heavy atom. The maximum atomic E-state index is 5.62. The molecule has 5 heteroatoms. The second kappa shape index (κ2) is 4.70. The van der Waals surface area contributed by atoms with E-state index in [0.717, 1.165) is 28.3 Å². The monoisotopic (exact) mass is 254 g/mol. The number of nitrogens with two attached hydrogens (primary N) is 1. The lowest BCUT2D eigenvalue weighted by atomic mass is 10.2. The Kier molecular flexibility index (Phi) is 2.89. The first-order chi connectivity index (χ1) is 9.31. The summed E-state index contributed by atoms with van der Waals surface area (Å²) in [6.45, 7) is 0.498. The molecular formula is C14H14N4O. The fourth-order valence-corrected chi connectivity index (χ4v) is 2.02. The maximum absolute atomic E-state index is 5.62. The molecule has 0 aliphatic carbocycles. The molecule has 5 nitrogen and oxygen atoms in total. The number of methoxy groups -OCH3 is 1. The Morgan fingerprint density at radius 2 is 2.11 bits per heavy atom. The summed E-state index contributed by atoms with van der Waals surface area (Å²) < 4.78 is 7.17. The van der Waals surface area contributed by atoms with Gasteiger partial charge in [-0.2, -0.15) is 0 Å². The van der Waals surface area contributed by atoms with Crippen molar-refractivity contribution < 1.29 is 4.74 Å². The van der Waals surface area contributed by atoms with E-state index in [-0.39, 0.29) is 0 Å². The molecule has 0 radical (unpaired) electrons. The van der Waals surface area contributed by atoms with Gasteiger partial charge in [0.1, 0.15) is 5.75 Å². The Balaban J connectivity index is 2.14. The van der Waals surface area contributed by atoms with Crippen LogP contribution in [0.25, 0.3) is 17.0 Å². The molecule has 3 aromatic rings. The summed E-state index contributed by atoms with van der Waals surface area (Å²) in [5.41, 5.74) is 8.42. The number of nitrogens with zero attached hydrogens (tertiary/aromatic N) is 3. The normalized spacial score (nSPS) is 10.8. The predicted molar refractivity (Wildman–Crippen MR) is 72.9 cm³/mol. The van der Waals surface area contributed by atoms with E-state index in [9.17, 15) is 0 Å². The van der Waals surface area contributed by atoms with Crippen LogP contribution in [0.3, 0.4) is 0 Å². The third-order valence-electron chi connectivity index (χ3n) is 3.04. The molecule has 2 N–H and O–H groups in total. The van der Waals surface area contributed by atoms with Gasteiger partial charge in [-0.25, -0.2) is 0 Å². The summed E-state index contributed by atoms with van der Waals surface area (Å²) in [7, 11) is 1.65. The molecule has 2 aromatic heterocycles. The zero-order valence-electron chi connectivity index (χ0n) is 10.6. The van der Waals surface area contributed by atoms with Gasteiger partial charge in [0, 0.05) is 18.3 Å². The van der Waals surface area contributed by atoms with Gasteiger partial charge in [0.15, 0.2) is 11.5 Å². The second-order valence-electron chi connectivity index (χ2n) is 4.22. The molecule has 19 heavy (non-hydrogen) atoms. The quantitative estimate of drug-likeness (QED) is 0.774. The van der Waals surface area contributed by atoms with Crippen molar-refractivity contribution in [2.75, 3.05) is 7.11 Å². The molecule has 96 valence electrons. The van der Waals surface area contributed by atoms with E-state index >= 15 is 0 Å². The van der Waals surface area contributed by atoms with Gasteiger partial charge >= 0.3 is 0 Å². The molecular weight excluding hydrogens is 240 g/mol. The molecule has 2 heterocycles. The van der Waals surface area contributed by atoms with Gasteiger partial charge in [0.25, 0.3) is 0 Å². The minimum absolute atomic E-state index is 0.498. The Bertz CT molecular complexity index is 720. The fraction of sp³-hybridized carbons (Fsp3) is 0.143. The van der Waals surface area contributed by atoms with E-state index in [4.69, 9.17) is 10.5 Å². The third-order valence-corrected chi connectivity index (χ3v) is 3.04. The average Bonchev–Trinajstić information content (AvgIpc) is 2.90. The SMILES string of the molecule is COc1cccc(-c2nnc3cc(CN)ccn23)c1. The lowest BCUT2D eigenvalue weighted by molar-refractivity contribution is 0.415. The van der Waals surface area contributed by atoms with Gasteiger partial charge in [0.05, 0.1) is 7.11 Å². The van der Waals surface area contributed by atoms with E-state index in [1.165, 1.54) is 0 Å². The van der Waals surface area contributed by atoms with E-state index in [0.29, 0.717) is 6.54 Å². The molecule has 0 saturated carbocycles. The van der Waals surface area contributed by atoms with E-state index in [2.05, 4.69) is 10.2 Å². The topological polar surface area (TPSA) is 65.4 Å². The molecule has 0 fully saturated rings. The first kappa shape index (κ1) is 11.7. The number of hydrogen-bond acceptors (Lipinski definition) is 4. The maximum Gasteiger partial charge on any atom is 0.168 e. The van der Waals surface area contributed by atoms with Crippen LogP contribution in [0.15, 0.2) is 42.6 Å². The summed E-state index contributed by atoms with van der Waals surface area (Å²) in [5.74, 6) is 1.59. The first-order valence-electron chi connectivity index (χ1n) is 6.00. The first-order valence-corrected chi connectivity index (χ1v) is 6.00. The Morgan fingerprint density at radius 3 is 2.89 bits per heavy atom. The van der Waals surface area contributed by atoms with Crippen molar-refractivity contribution in [3.63, 3.8) is 0 Å². The molecule has 0 bridgehead atoms. The highest BCUT2D eigenvalue weighted by molar-refractivity contribution is 5.61. The summed E-state index contributed by atoms with van der Waals surface area (Å²) in [4.78, 5) is 0. The molecule has 0 aliphatic heterocycles. The average molecular weight is 254 g/mol. The lowest BCUT2D eigenvalue weighted by Crippen LogP contribution is -1.97. The van der Waals surface area contributed by atoms with Crippen molar-refractivity contribution in [2.24, 2.45) is 5.73 Å². The summed E-state index contributed by atoms with van der Waals surface area (Å²) in [6, 6.07) is 11.7. The van der Waals surface area contributed by atoms with Gasteiger partial charge in [-0.3, -0.25) is 4.40 Å². The van der Waals surface area contributed by atoms with Crippen molar-refractivity contribution in [3.8, 4) is 17.1 Å². The van der Waals surface area contributed by atoms with Crippen LogP contribution in [0.4, 0.5) is 0 Å². The van der Waals surface area contributed by atoms with Gasteiger partial charge in [-0.05, 0) is 29.8 Å². The molecule has 0 spiro atoms. The van der Waals surface area contributed by atoms with Gasteiger partial charge in [-0.1, -0.05) is 12.1 Å². The van der Waals surface area contributed by atoms with E-state index in [1.807, 2.05) is 47.0 Å². The third kappa shape index (κ3) is 2.04. The molecule has 0 atom stereocenters. The smallest absolute Gasteiger partial charge is 0.168 e. The molecule has 0 unspecified atom stereocenters. The number of hydrogen-bond donors (Lipinski definition) is 1. The van der Waals surface area contributed by atoms with Crippen molar-refractivity contribution in [2.45, 2.75) is 6.54 Å². The number of aromatic nitrogens is 3. The molecule has 3 rings (SSSR count). The van der Waals surface area contributed by atoms with Crippen LogP contribution in [0.1, 0.15) is 5.56 Å². The van der Waals surface area contributed by atoms with Gasteiger partial charge in [-0.15, -0.1) is 10.2 Å². The predicted octanol–water partition coefficient (Wildman–Crippen LogP) is 1.86. The Labute approximate surface area is 110 Å². The zero-order valence-corrected chi connectivity index (χ0v) is 10.6. The van der Waals surface area contributed by atoms with Crippen LogP contribution >= 0.6 is 0 Å². The standard InChI is InChI=1S/C14H14N4O/c1-19-12-4-2-3-11(8-12)14-17-16-13-7-10(9-15)5-6-18(13)14/h2-8H,9,15H2,1H3. The zero-order chi connectivity index (χ0) is 13.2. The number of benzene rings is 1. The highest BCUT2D eigenvalue weighted by Crippen LogP contribution is 2.23. The minimum atomic E-state index is 0.498. The number of fused-ring (bicyclic) bond motifs is 1. The summed E-state index contributed by atoms with van der Waals surface area (Å²) >= 11 is 0. The van der Waals surface area contributed by atoms with Crippen molar-refractivity contribution in [3.05, 3.63) is 48.2 Å². The van der Waals surface area contributed by atoms with Crippen LogP contribution in [-0.2, 0) is 6.54 Å². The summed E-state index contributed by atoms with van der Waals surface area (Å²) in [6.07, 6.45) is 1.94. The number of ether oxygens (including phenoxy) is 1. The van der Waals surface area contributed by atoms with Gasteiger partial charge < -0.3 is 10.5 Å². The van der Waals surface area contributed by atoms with Crippen LogP contribution in [-0.4, -0.2) is 21.7 Å². The highest BCUT2D eigenvalue weighted by Gasteiger charge is 2.08. The van der Waals surface area contributed by atoms with Gasteiger partial charge in [0.2, 0.25) is 0 Å². The van der Waals surface area contributed by atoms with Crippen molar-refractivity contribution in [1.29, 1.82) is 0 Å². The number of pyridine rings is 1. The van der Waals surface area contributed by atoms with Crippen molar-refractivity contribution >= 4 is 5.65 Å². The molecule has 0 saturated heterocycles. The van der Waals surface area contributed by atoms with Crippen molar-refractivity contribution in [1.82, 2.24) is 14.6 Å². The highest BCUT2D eigenvalue weighted by atomic mass is 16.5. The van der Waals surface area contributed by atoms with Crippen LogP contribution in [0.5, 0.6) is 5.75 Å². The van der Waals surface area contributed by atoms with Crippen LogP contribution < -0.4 is 10.5 Å². The fourth-order valence-electron chi connectivity index (χ4n) is 2.02. The molecule has 0 amide bonds. The van der Waals surface area contributed by atoms with E-state index < -0.39 is 0 Å². The molecule has 0 aliphatic rings. The minimum Gasteiger partial charge on any atom is -0.497 e. The summed E-state index contributed by atoms with van der Waals surface area (Å²) in [5, 5.41) is 8.41. The molecule has 1 aromatic carbocycles. The number of rotatable bonds is 3.